The lowest BCUT2D eigenvalue weighted by atomic mass is 10.1. The van der Waals surface area contributed by atoms with Crippen molar-refractivity contribution in [1.29, 1.82) is 0 Å². The van der Waals surface area contributed by atoms with Gasteiger partial charge in [0.05, 0.1) is 5.71 Å². The van der Waals surface area contributed by atoms with E-state index in [9.17, 15) is 4.79 Å². The Bertz CT molecular complexity index is 449. The topological polar surface area (TPSA) is 62.7 Å². The van der Waals surface area contributed by atoms with Gasteiger partial charge >= 0.3 is 0 Å². The minimum atomic E-state index is -0.393. The van der Waals surface area contributed by atoms with Crippen LogP contribution in [0.2, 0.25) is 0 Å². The van der Waals surface area contributed by atoms with Crippen molar-refractivity contribution in [2.24, 2.45) is 5.16 Å². The smallest absolute Gasteiger partial charge is 0.279 e. The van der Waals surface area contributed by atoms with Gasteiger partial charge in [0.15, 0.2) is 6.61 Å². The highest BCUT2D eigenvalue weighted by Crippen LogP contribution is 2.00. The number of hydrogen-bond acceptors (Lipinski definition) is 4. The van der Waals surface area contributed by atoms with E-state index in [-0.39, 0.29) is 10.9 Å². The van der Waals surface area contributed by atoms with E-state index in [2.05, 4.69) is 40.9 Å². The second-order valence-corrected chi connectivity index (χ2v) is 4.45. The van der Waals surface area contributed by atoms with Crippen LogP contribution in [-0.4, -0.2) is 22.5 Å². The molecule has 0 radical (unpaired) electrons. The normalized spacial score (nSPS) is 10.7. The first kappa shape index (κ1) is 14.5. The second kappa shape index (κ2) is 7.67. The van der Waals surface area contributed by atoms with E-state index in [4.69, 9.17) is 4.84 Å². The molecule has 0 fully saturated rings. The molecule has 18 heavy (non-hydrogen) atoms. The Labute approximate surface area is 116 Å². The Morgan fingerprint density at radius 1 is 1.39 bits per heavy atom. The van der Waals surface area contributed by atoms with Crippen LogP contribution in [0.25, 0.3) is 0 Å². The number of carbonyl (C=O) groups excluding carboxylic acids is 1. The van der Waals surface area contributed by atoms with E-state index < -0.39 is 5.91 Å². The molecule has 0 bridgehead atoms. The van der Waals surface area contributed by atoms with Crippen molar-refractivity contribution in [1.82, 2.24) is 10.9 Å². The molecule has 0 spiro atoms. The number of hydrogen-bond donors (Lipinski definition) is 3. The van der Waals surface area contributed by atoms with E-state index in [0.717, 1.165) is 5.56 Å². The highest BCUT2D eigenvalue weighted by atomic mass is 32.1. The lowest BCUT2D eigenvalue weighted by molar-refractivity contribution is -0.126. The van der Waals surface area contributed by atoms with Crippen molar-refractivity contribution in [2.45, 2.75) is 6.92 Å². The summed E-state index contributed by atoms with van der Waals surface area (Å²) in [6, 6.07) is 9.53. The molecule has 1 aromatic rings. The molecule has 5 nitrogen and oxygen atoms in total. The number of benzene rings is 1. The van der Waals surface area contributed by atoms with Gasteiger partial charge in [-0.2, -0.15) is 0 Å². The Morgan fingerprint density at radius 2 is 2.06 bits per heavy atom. The van der Waals surface area contributed by atoms with Crippen LogP contribution in [0.1, 0.15) is 12.5 Å². The number of carbonyl (C=O) groups is 1. The van der Waals surface area contributed by atoms with Gasteiger partial charge in [0, 0.05) is 0 Å². The van der Waals surface area contributed by atoms with E-state index in [1.165, 1.54) is 0 Å². The number of hydrazine groups is 1. The maximum Gasteiger partial charge on any atom is 0.279 e. The van der Waals surface area contributed by atoms with Crippen molar-refractivity contribution in [2.75, 3.05) is 6.61 Å². The van der Waals surface area contributed by atoms with Gasteiger partial charge in [0.2, 0.25) is 0 Å². The third-order valence-corrected chi connectivity index (χ3v) is 2.11. The van der Waals surface area contributed by atoms with Crippen molar-refractivity contribution < 1.29 is 9.63 Å². The summed E-state index contributed by atoms with van der Waals surface area (Å²) in [6.07, 6.45) is 0. The fraction of sp³-hybridized carbons (Fsp3) is 0.182. The largest absolute Gasteiger partial charge is 0.385 e. The third-order valence-electron chi connectivity index (χ3n) is 1.90. The van der Waals surface area contributed by atoms with Gasteiger partial charge in [-0.15, -0.1) is 12.6 Å². The Morgan fingerprint density at radius 3 is 2.67 bits per heavy atom. The summed E-state index contributed by atoms with van der Waals surface area (Å²) in [5.74, 6) is -0.393. The Kier molecular flexibility index (Phi) is 6.16. The van der Waals surface area contributed by atoms with E-state index in [1.54, 1.807) is 6.92 Å². The van der Waals surface area contributed by atoms with Gasteiger partial charge in [0.1, 0.15) is 4.32 Å². The maximum absolute atomic E-state index is 11.2. The number of rotatable bonds is 4. The predicted molar refractivity (Wildman–Crippen MR) is 77.5 cm³/mol. The highest BCUT2D eigenvalue weighted by Gasteiger charge is 2.01. The number of oxime groups is 1. The van der Waals surface area contributed by atoms with Gasteiger partial charge in [-0.05, 0) is 12.5 Å². The van der Waals surface area contributed by atoms with Crippen LogP contribution >= 0.6 is 24.8 Å². The summed E-state index contributed by atoms with van der Waals surface area (Å²) in [5.41, 5.74) is 6.31. The third kappa shape index (κ3) is 5.65. The molecule has 0 saturated carbocycles. The van der Waals surface area contributed by atoms with Gasteiger partial charge in [-0.25, -0.2) is 0 Å². The number of nitrogens with one attached hydrogen (secondary N) is 2. The summed E-state index contributed by atoms with van der Waals surface area (Å²) in [4.78, 5) is 16.1. The molecule has 0 aliphatic rings. The van der Waals surface area contributed by atoms with Gasteiger partial charge < -0.3 is 4.84 Å². The zero-order chi connectivity index (χ0) is 13.4. The molecule has 0 saturated heterocycles. The lowest BCUT2D eigenvalue weighted by Gasteiger charge is -2.05. The predicted octanol–water partition coefficient (Wildman–Crippen LogP) is 1.26. The minimum Gasteiger partial charge on any atom is -0.385 e. The van der Waals surface area contributed by atoms with Crippen LogP contribution in [0.5, 0.6) is 0 Å². The molecule has 0 aliphatic carbocycles. The summed E-state index contributed by atoms with van der Waals surface area (Å²) in [5, 5.41) is 3.84. The average molecular weight is 283 g/mol. The first-order valence-electron chi connectivity index (χ1n) is 5.09. The van der Waals surface area contributed by atoms with Crippen LogP contribution in [0.4, 0.5) is 0 Å². The molecule has 1 amide bonds. The maximum atomic E-state index is 11.2. The van der Waals surface area contributed by atoms with Crippen molar-refractivity contribution in [3.05, 3.63) is 35.9 Å². The molecule has 1 rings (SSSR count). The standard InChI is InChI=1S/C11H13N3O2S2/c1-8(9-5-3-2-4-6-9)14-16-7-10(15)12-13-11(17)18/h2-6H,7H2,1H3,(H,12,15)(H2,13,17,18)/b14-8+. The first-order chi connectivity index (χ1) is 8.59. The first-order valence-corrected chi connectivity index (χ1v) is 5.95. The van der Waals surface area contributed by atoms with Gasteiger partial charge in [-0.3, -0.25) is 15.6 Å². The van der Waals surface area contributed by atoms with Crippen LogP contribution < -0.4 is 10.9 Å². The van der Waals surface area contributed by atoms with Crippen molar-refractivity contribution >= 4 is 40.8 Å². The van der Waals surface area contributed by atoms with Crippen LogP contribution in [-0.2, 0) is 9.63 Å². The molecule has 0 heterocycles. The number of amides is 1. The lowest BCUT2D eigenvalue weighted by Crippen LogP contribution is -2.40. The molecular weight excluding hydrogens is 270 g/mol. The molecule has 0 aliphatic heterocycles. The monoisotopic (exact) mass is 283 g/mol. The molecular formula is C11H13N3O2S2. The van der Waals surface area contributed by atoms with E-state index in [0.29, 0.717) is 5.71 Å². The Balaban J connectivity index is 2.36. The second-order valence-electron chi connectivity index (χ2n) is 3.29. The molecule has 7 heteroatoms. The van der Waals surface area contributed by atoms with E-state index >= 15 is 0 Å². The number of thiol groups is 1. The minimum absolute atomic E-state index is 0.173. The zero-order valence-corrected chi connectivity index (χ0v) is 11.4. The quantitative estimate of drug-likeness (QED) is 0.337. The summed E-state index contributed by atoms with van der Waals surface area (Å²) < 4.78 is 0.173. The number of thiocarbonyl (C=S) groups is 1. The number of nitrogens with zero attached hydrogens (tertiary/aromatic N) is 1. The molecule has 2 N–H and O–H groups in total. The highest BCUT2D eigenvalue weighted by molar-refractivity contribution is 8.11. The fourth-order valence-electron chi connectivity index (χ4n) is 1.08. The van der Waals surface area contributed by atoms with Crippen molar-refractivity contribution in [3.8, 4) is 0 Å². The van der Waals surface area contributed by atoms with Gasteiger partial charge in [-0.1, -0.05) is 47.7 Å². The zero-order valence-electron chi connectivity index (χ0n) is 9.71. The molecule has 1 aromatic carbocycles. The SMILES string of the molecule is C/C(=N\OCC(=O)NNC(=S)S)c1ccccc1. The molecule has 0 atom stereocenters. The van der Waals surface area contributed by atoms with Crippen LogP contribution in [0.15, 0.2) is 35.5 Å². The summed E-state index contributed by atoms with van der Waals surface area (Å²) in [6.45, 7) is 1.60. The summed E-state index contributed by atoms with van der Waals surface area (Å²) in [7, 11) is 0. The average Bonchev–Trinajstić information content (AvgIpc) is 2.37. The fourth-order valence-corrected chi connectivity index (χ4v) is 1.19. The van der Waals surface area contributed by atoms with Crippen molar-refractivity contribution in [3.63, 3.8) is 0 Å². The molecule has 96 valence electrons. The Hall–Kier alpha value is -1.60. The van der Waals surface area contributed by atoms with Gasteiger partial charge in [0.25, 0.3) is 5.91 Å². The molecule has 0 aromatic heterocycles. The van der Waals surface area contributed by atoms with Crippen LogP contribution in [0.3, 0.4) is 0 Å². The summed E-state index contributed by atoms with van der Waals surface area (Å²) >= 11 is 8.38. The van der Waals surface area contributed by atoms with Crippen LogP contribution in [0, 0.1) is 0 Å². The van der Waals surface area contributed by atoms with E-state index in [1.807, 2.05) is 30.3 Å². The molecule has 0 unspecified atom stereocenters.